The second-order valence-electron chi connectivity index (χ2n) is 5.06. The number of anilines is 1. The average Bonchev–Trinajstić information content (AvgIpc) is 2.53. The number of nitrogens with one attached hydrogen (secondary N) is 1. The summed E-state index contributed by atoms with van der Waals surface area (Å²) in [7, 11) is 0. The van der Waals surface area contributed by atoms with Crippen molar-refractivity contribution in [3.05, 3.63) is 42.0 Å². The molecule has 2 aromatic carbocycles. The summed E-state index contributed by atoms with van der Waals surface area (Å²) in [4.78, 5) is 12.3. The smallest absolute Gasteiger partial charge is 0.253 e. The van der Waals surface area contributed by atoms with E-state index in [0.29, 0.717) is 37.6 Å². The minimum absolute atomic E-state index is 0.0932. The number of ether oxygens (including phenoxy) is 2. The van der Waals surface area contributed by atoms with Crippen LogP contribution in [0.1, 0.15) is 10.4 Å². The van der Waals surface area contributed by atoms with Gasteiger partial charge in [-0.2, -0.15) is 0 Å². The Bertz CT molecular complexity index is 651. The highest BCUT2D eigenvalue weighted by Crippen LogP contribution is 2.21. The van der Waals surface area contributed by atoms with Crippen molar-refractivity contribution in [2.75, 3.05) is 32.1 Å². The largest absolute Gasteiger partial charge is 0.398 e. The summed E-state index contributed by atoms with van der Waals surface area (Å²) >= 11 is 0. The zero-order chi connectivity index (χ0) is 14.7. The first kappa shape index (κ1) is 13.9. The van der Waals surface area contributed by atoms with E-state index in [9.17, 15) is 4.79 Å². The van der Waals surface area contributed by atoms with Gasteiger partial charge in [-0.25, -0.2) is 0 Å². The number of rotatable bonds is 3. The van der Waals surface area contributed by atoms with Gasteiger partial charge >= 0.3 is 0 Å². The zero-order valence-corrected chi connectivity index (χ0v) is 11.7. The Morgan fingerprint density at radius 1 is 1.24 bits per heavy atom. The van der Waals surface area contributed by atoms with Crippen molar-refractivity contribution >= 4 is 22.4 Å². The van der Waals surface area contributed by atoms with Crippen LogP contribution in [0.15, 0.2) is 36.4 Å². The van der Waals surface area contributed by atoms with Gasteiger partial charge in [0.1, 0.15) is 0 Å². The molecule has 3 rings (SSSR count). The van der Waals surface area contributed by atoms with E-state index in [-0.39, 0.29) is 12.0 Å². The number of carbonyl (C=O) groups is 1. The molecule has 1 saturated heterocycles. The highest BCUT2D eigenvalue weighted by Gasteiger charge is 2.17. The van der Waals surface area contributed by atoms with Crippen LogP contribution in [0.25, 0.3) is 10.8 Å². The zero-order valence-electron chi connectivity index (χ0n) is 11.7. The van der Waals surface area contributed by atoms with Gasteiger partial charge in [0.05, 0.1) is 31.5 Å². The van der Waals surface area contributed by atoms with Gasteiger partial charge in [0.2, 0.25) is 0 Å². The number of nitrogen functional groups attached to an aromatic ring is 1. The van der Waals surface area contributed by atoms with Crippen LogP contribution >= 0.6 is 0 Å². The van der Waals surface area contributed by atoms with Crippen molar-refractivity contribution < 1.29 is 14.3 Å². The van der Waals surface area contributed by atoms with Crippen LogP contribution in [0.4, 0.5) is 5.69 Å². The standard InChI is InChI=1S/C16H18N2O3/c17-15-8-12-4-2-1-3-11(12)7-14(15)16(19)18-9-13-10-20-5-6-21-13/h1-4,7-8,13H,5-6,9-10,17H2,(H,18,19). The fourth-order valence-corrected chi connectivity index (χ4v) is 2.41. The molecular formula is C16H18N2O3. The lowest BCUT2D eigenvalue weighted by Crippen LogP contribution is -2.39. The van der Waals surface area contributed by atoms with Crippen LogP contribution in [0, 0.1) is 0 Å². The van der Waals surface area contributed by atoms with E-state index in [1.54, 1.807) is 0 Å². The first-order valence-corrected chi connectivity index (χ1v) is 7.00. The predicted molar refractivity (Wildman–Crippen MR) is 81.3 cm³/mol. The van der Waals surface area contributed by atoms with Gasteiger partial charge in [-0.3, -0.25) is 4.79 Å². The molecule has 1 fully saturated rings. The fraction of sp³-hybridized carbons (Fsp3) is 0.312. The summed E-state index contributed by atoms with van der Waals surface area (Å²) in [6.45, 7) is 2.11. The van der Waals surface area contributed by atoms with Crippen molar-refractivity contribution in [1.29, 1.82) is 0 Å². The Morgan fingerprint density at radius 3 is 2.71 bits per heavy atom. The molecule has 2 aromatic rings. The van der Waals surface area contributed by atoms with Crippen LogP contribution in [-0.2, 0) is 9.47 Å². The van der Waals surface area contributed by atoms with Crippen LogP contribution < -0.4 is 11.1 Å². The van der Waals surface area contributed by atoms with Crippen molar-refractivity contribution in [3.8, 4) is 0 Å². The molecule has 110 valence electrons. The van der Waals surface area contributed by atoms with Crippen molar-refractivity contribution in [1.82, 2.24) is 5.32 Å². The van der Waals surface area contributed by atoms with Gasteiger partial charge in [0.25, 0.3) is 5.91 Å². The third kappa shape index (κ3) is 3.15. The molecule has 3 N–H and O–H groups in total. The van der Waals surface area contributed by atoms with Crippen LogP contribution in [-0.4, -0.2) is 38.4 Å². The summed E-state index contributed by atoms with van der Waals surface area (Å²) in [5.74, 6) is -0.188. The Morgan fingerprint density at radius 2 is 2.00 bits per heavy atom. The average molecular weight is 286 g/mol. The molecule has 0 saturated carbocycles. The molecule has 21 heavy (non-hydrogen) atoms. The summed E-state index contributed by atoms with van der Waals surface area (Å²) in [6.07, 6.45) is -0.0932. The number of fused-ring (bicyclic) bond motifs is 1. The second-order valence-corrected chi connectivity index (χ2v) is 5.06. The molecule has 0 radical (unpaired) electrons. The Hall–Kier alpha value is -2.11. The van der Waals surface area contributed by atoms with Gasteiger partial charge < -0.3 is 20.5 Å². The summed E-state index contributed by atoms with van der Waals surface area (Å²) in [6, 6.07) is 11.5. The summed E-state index contributed by atoms with van der Waals surface area (Å²) in [5, 5.41) is 4.87. The lowest BCUT2D eigenvalue weighted by atomic mass is 10.0. The highest BCUT2D eigenvalue weighted by molar-refractivity contribution is 6.03. The third-order valence-electron chi connectivity index (χ3n) is 3.54. The number of amides is 1. The first-order chi connectivity index (χ1) is 10.2. The predicted octanol–water partition coefficient (Wildman–Crippen LogP) is 1.57. The summed E-state index contributed by atoms with van der Waals surface area (Å²) < 4.78 is 10.8. The first-order valence-electron chi connectivity index (χ1n) is 7.00. The number of hydrogen-bond acceptors (Lipinski definition) is 4. The lowest BCUT2D eigenvalue weighted by molar-refractivity contribution is -0.0855. The Kier molecular flexibility index (Phi) is 4.03. The third-order valence-corrected chi connectivity index (χ3v) is 3.54. The molecule has 1 amide bonds. The Labute approximate surface area is 123 Å². The summed E-state index contributed by atoms with van der Waals surface area (Å²) in [5.41, 5.74) is 6.95. The fourth-order valence-electron chi connectivity index (χ4n) is 2.41. The van der Waals surface area contributed by atoms with Crippen LogP contribution in [0.3, 0.4) is 0 Å². The molecule has 5 nitrogen and oxygen atoms in total. The topological polar surface area (TPSA) is 73.6 Å². The van der Waals surface area contributed by atoms with Crippen molar-refractivity contribution in [3.63, 3.8) is 0 Å². The minimum Gasteiger partial charge on any atom is -0.398 e. The lowest BCUT2D eigenvalue weighted by Gasteiger charge is -2.23. The minimum atomic E-state index is -0.188. The highest BCUT2D eigenvalue weighted by atomic mass is 16.6. The van der Waals surface area contributed by atoms with Crippen molar-refractivity contribution in [2.45, 2.75) is 6.10 Å². The number of benzene rings is 2. The van der Waals surface area contributed by atoms with Crippen LogP contribution in [0.2, 0.25) is 0 Å². The van der Waals surface area contributed by atoms with Gasteiger partial charge in [-0.1, -0.05) is 24.3 Å². The molecule has 0 aromatic heterocycles. The molecule has 0 bridgehead atoms. The van der Waals surface area contributed by atoms with Gasteiger partial charge in [-0.15, -0.1) is 0 Å². The van der Waals surface area contributed by atoms with Gasteiger partial charge in [0.15, 0.2) is 0 Å². The van der Waals surface area contributed by atoms with E-state index >= 15 is 0 Å². The van der Waals surface area contributed by atoms with Gasteiger partial charge in [-0.05, 0) is 22.9 Å². The molecule has 5 heteroatoms. The molecule has 0 spiro atoms. The van der Waals surface area contributed by atoms with Crippen LogP contribution in [0.5, 0.6) is 0 Å². The normalized spacial score (nSPS) is 18.6. The quantitative estimate of drug-likeness (QED) is 0.840. The van der Waals surface area contributed by atoms with E-state index in [1.807, 2.05) is 36.4 Å². The SMILES string of the molecule is Nc1cc2ccccc2cc1C(=O)NCC1COCCO1. The van der Waals surface area contributed by atoms with E-state index in [0.717, 1.165) is 10.8 Å². The maximum atomic E-state index is 12.3. The monoisotopic (exact) mass is 286 g/mol. The Balaban J connectivity index is 1.73. The van der Waals surface area contributed by atoms with E-state index in [1.165, 1.54) is 0 Å². The molecule has 1 aliphatic heterocycles. The molecule has 1 aliphatic rings. The maximum absolute atomic E-state index is 12.3. The maximum Gasteiger partial charge on any atom is 0.253 e. The molecular weight excluding hydrogens is 268 g/mol. The van der Waals surface area contributed by atoms with E-state index < -0.39 is 0 Å². The van der Waals surface area contributed by atoms with E-state index in [4.69, 9.17) is 15.2 Å². The second kappa shape index (κ2) is 6.11. The molecule has 1 unspecified atom stereocenters. The molecule has 1 heterocycles. The molecule has 0 aliphatic carbocycles. The number of hydrogen-bond donors (Lipinski definition) is 2. The van der Waals surface area contributed by atoms with Crippen molar-refractivity contribution in [2.24, 2.45) is 0 Å². The molecule has 1 atom stereocenters. The van der Waals surface area contributed by atoms with E-state index in [2.05, 4.69) is 5.32 Å². The number of carbonyl (C=O) groups excluding carboxylic acids is 1. The number of nitrogens with two attached hydrogens (primary N) is 1. The van der Waals surface area contributed by atoms with Gasteiger partial charge in [0, 0.05) is 12.2 Å².